The Labute approximate surface area is 115 Å². The molecule has 0 bridgehead atoms. The molecule has 19 heavy (non-hydrogen) atoms. The van der Waals surface area contributed by atoms with Crippen LogP contribution in [0, 0.1) is 0 Å². The molecule has 0 radical (unpaired) electrons. The maximum atomic E-state index is 11.3. The zero-order valence-corrected chi connectivity index (χ0v) is 11.3. The number of carbonyl (C=O) groups is 1. The molecule has 0 amide bonds. The van der Waals surface area contributed by atoms with Gasteiger partial charge in [-0.15, -0.1) is 16.9 Å². The lowest BCUT2D eigenvalue weighted by Crippen LogP contribution is -2.09. The van der Waals surface area contributed by atoms with Crippen LogP contribution in [0.25, 0.3) is 0 Å². The maximum Gasteiger partial charge on any atom is 0.360 e. The summed E-state index contributed by atoms with van der Waals surface area (Å²) in [4.78, 5) is 12.7. The summed E-state index contributed by atoms with van der Waals surface area (Å²) in [5.41, 5.74) is 1.60. The molecular weight excluding hydrogens is 262 g/mol. The molecule has 98 valence electrons. The number of ether oxygens (including phenoxy) is 1. The molecule has 1 atom stereocenters. The summed E-state index contributed by atoms with van der Waals surface area (Å²) in [5.74, 6) is 0.994. The van der Waals surface area contributed by atoms with E-state index in [2.05, 4.69) is 39.3 Å². The Morgan fingerprint density at radius 2 is 2.37 bits per heavy atom. The molecule has 0 saturated heterocycles. The molecule has 0 N–H and O–H groups in total. The van der Waals surface area contributed by atoms with Crippen LogP contribution in [0.3, 0.4) is 0 Å². The third-order valence-electron chi connectivity index (χ3n) is 3.14. The second kappa shape index (κ2) is 5.05. The first kappa shape index (κ1) is 12.2. The minimum absolute atomic E-state index is 0.251. The zero-order valence-electron chi connectivity index (χ0n) is 10.4. The minimum Gasteiger partial charge on any atom is -0.464 e. The lowest BCUT2D eigenvalue weighted by molar-refractivity contribution is 0.0594. The molecule has 6 heteroatoms. The van der Waals surface area contributed by atoms with Crippen molar-refractivity contribution in [2.75, 3.05) is 12.9 Å². The normalized spacial score (nSPS) is 17.2. The van der Waals surface area contributed by atoms with Crippen molar-refractivity contribution in [3.05, 3.63) is 41.7 Å². The first-order valence-electron chi connectivity index (χ1n) is 5.98. The van der Waals surface area contributed by atoms with Gasteiger partial charge in [-0.25, -0.2) is 4.79 Å². The number of fused-ring (bicyclic) bond motifs is 1. The molecule has 0 fully saturated rings. The van der Waals surface area contributed by atoms with Crippen LogP contribution in [0.2, 0.25) is 0 Å². The summed E-state index contributed by atoms with van der Waals surface area (Å²) in [6.07, 6.45) is 1.64. The van der Waals surface area contributed by atoms with E-state index in [1.807, 2.05) is 11.8 Å². The average Bonchev–Trinajstić information content (AvgIpc) is 3.06. The maximum absolute atomic E-state index is 11.3. The van der Waals surface area contributed by atoms with Gasteiger partial charge in [-0.2, -0.15) is 0 Å². The van der Waals surface area contributed by atoms with E-state index < -0.39 is 5.97 Å². The summed E-state index contributed by atoms with van der Waals surface area (Å²) in [5, 5.41) is 7.79. The fourth-order valence-corrected chi connectivity index (χ4v) is 3.43. The van der Waals surface area contributed by atoms with Crippen LogP contribution >= 0.6 is 11.8 Å². The van der Waals surface area contributed by atoms with Crippen LogP contribution in [0.4, 0.5) is 0 Å². The SMILES string of the molecule is COC(=O)c1cn(CC2CSc3ccccc32)nn1. The number of esters is 1. The number of rotatable bonds is 3. The van der Waals surface area contributed by atoms with Gasteiger partial charge in [0.2, 0.25) is 0 Å². The third kappa shape index (κ3) is 2.35. The van der Waals surface area contributed by atoms with E-state index in [0.717, 1.165) is 12.3 Å². The van der Waals surface area contributed by atoms with E-state index in [-0.39, 0.29) is 5.69 Å². The van der Waals surface area contributed by atoms with E-state index in [4.69, 9.17) is 0 Å². The number of benzene rings is 1. The molecule has 1 aromatic heterocycles. The van der Waals surface area contributed by atoms with Gasteiger partial charge in [0, 0.05) is 16.6 Å². The molecule has 2 aromatic rings. The Morgan fingerprint density at radius 3 is 3.21 bits per heavy atom. The smallest absolute Gasteiger partial charge is 0.360 e. The quantitative estimate of drug-likeness (QED) is 0.801. The summed E-state index contributed by atoms with van der Waals surface area (Å²) in [7, 11) is 1.34. The van der Waals surface area contributed by atoms with Gasteiger partial charge < -0.3 is 4.74 Å². The Morgan fingerprint density at radius 1 is 1.53 bits per heavy atom. The lowest BCUT2D eigenvalue weighted by atomic mass is 10.0. The molecule has 0 spiro atoms. The van der Waals surface area contributed by atoms with Gasteiger partial charge in [0.15, 0.2) is 5.69 Å². The predicted octanol–water partition coefficient (Wildman–Crippen LogP) is 1.95. The van der Waals surface area contributed by atoms with Gasteiger partial charge >= 0.3 is 5.97 Å². The van der Waals surface area contributed by atoms with Gasteiger partial charge in [0.25, 0.3) is 0 Å². The highest BCUT2D eigenvalue weighted by atomic mass is 32.2. The largest absolute Gasteiger partial charge is 0.464 e. The van der Waals surface area contributed by atoms with Crippen LogP contribution in [0.15, 0.2) is 35.4 Å². The van der Waals surface area contributed by atoms with Gasteiger partial charge in [-0.05, 0) is 11.6 Å². The van der Waals surface area contributed by atoms with Crippen molar-refractivity contribution in [1.82, 2.24) is 15.0 Å². The van der Waals surface area contributed by atoms with Crippen LogP contribution in [0.5, 0.6) is 0 Å². The molecule has 2 heterocycles. The monoisotopic (exact) mass is 275 g/mol. The number of hydrogen-bond acceptors (Lipinski definition) is 5. The Bertz CT molecular complexity index is 611. The minimum atomic E-state index is -0.451. The van der Waals surface area contributed by atoms with Gasteiger partial charge in [-0.1, -0.05) is 23.4 Å². The number of aromatic nitrogens is 3. The third-order valence-corrected chi connectivity index (χ3v) is 4.39. The Kier molecular flexibility index (Phi) is 3.25. The number of carbonyl (C=O) groups excluding carboxylic acids is 1. The summed E-state index contributed by atoms with van der Waals surface area (Å²) < 4.78 is 6.32. The van der Waals surface area contributed by atoms with E-state index in [9.17, 15) is 4.79 Å². The number of nitrogens with zero attached hydrogens (tertiary/aromatic N) is 3. The molecule has 0 saturated carbocycles. The molecular formula is C13H13N3O2S. The van der Waals surface area contributed by atoms with Crippen molar-refractivity contribution in [3.63, 3.8) is 0 Å². The molecule has 1 aliphatic rings. The fourth-order valence-electron chi connectivity index (χ4n) is 2.19. The molecule has 1 aromatic carbocycles. The van der Waals surface area contributed by atoms with E-state index in [1.54, 1.807) is 10.9 Å². The molecule has 1 aliphatic heterocycles. The summed E-state index contributed by atoms with van der Waals surface area (Å²) in [6.45, 7) is 0.730. The molecule has 1 unspecified atom stereocenters. The number of methoxy groups -OCH3 is 1. The van der Waals surface area contributed by atoms with Crippen molar-refractivity contribution in [2.24, 2.45) is 0 Å². The van der Waals surface area contributed by atoms with Crippen molar-refractivity contribution < 1.29 is 9.53 Å². The average molecular weight is 275 g/mol. The van der Waals surface area contributed by atoms with Crippen LogP contribution in [0.1, 0.15) is 22.0 Å². The summed E-state index contributed by atoms with van der Waals surface area (Å²) in [6, 6.07) is 8.40. The molecule has 5 nitrogen and oxygen atoms in total. The second-order valence-corrected chi connectivity index (χ2v) is 5.42. The van der Waals surface area contributed by atoms with Crippen LogP contribution in [-0.2, 0) is 11.3 Å². The van der Waals surface area contributed by atoms with Crippen LogP contribution < -0.4 is 0 Å². The predicted molar refractivity (Wildman–Crippen MR) is 71.3 cm³/mol. The van der Waals surface area contributed by atoms with Gasteiger partial charge in [0.05, 0.1) is 19.9 Å². The number of hydrogen-bond donors (Lipinski definition) is 0. The second-order valence-electron chi connectivity index (χ2n) is 4.36. The van der Waals surface area contributed by atoms with E-state index in [0.29, 0.717) is 5.92 Å². The van der Waals surface area contributed by atoms with E-state index >= 15 is 0 Å². The van der Waals surface area contributed by atoms with Gasteiger partial charge in [0.1, 0.15) is 0 Å². The first-order chi connectivity index (χ1) is 9.28. The van der Waals surface area contributed by atoms with Crippen molar-refractivity contribution in [3.8, 4) is 0 Å². The van der Waals surface area contributed by atoms with Crippen molar-refractivity contribution in [1.29, 1.82) is 0 Å². The highest BCUT2D eigenvalue weighted by Gasteiger charge is 2.23. The van der Waals surface area contributed by atoms with Crippen molar-refractivity contribution >= 4 is 17.7 Å². The van der Waals surface area contributed by atoms with Gasteiger partial charge in [-0.3, -0.25) is 4.68 Å². The number of thioether (sulfide) groups is 1. The highest BCUT2D eigenvalue weighted by molar-refractivity contribution is 7.99. The molecule has 0 aliphatic carbocycles. The first-order valence-corrected chi connectivity index (χ1v) is 6.96. The highest BCUT2D eigenvalue weighted by Crippen LogP contribution is 2.39. The topological polar surface area (TPSA) is 57.0 Å². The molecule has 3 rings (SSSR count). The zero-order chi connectivity index (χ0) is 13.2. The standard InChI is InChI=1S/C13H13N3O2S/c1-18-13(17)11-7-16(15-14-11)6-9-8-19-12-5-3-2-4-10(9)12/h2-5,7,9H,6,8H2,1H3. The van der Waals surface area contributed by atoms with E-state index in [1.165, 1.54) is 17.6 Å². The Hall–Kier alpha value is -1.82. The van der Waals surface area contributed by atoms with Crippen LogP contribution in [-0.4, -0.2) is 33.8 Å². The van der Waals surface area contributed by atoms with Crippen molar-refractivity contribution in [2.45, 2.75) is 17.4 Å². The fraction of sp³-hybridized carbons (Fsp3) is 0.308. The lowest BCUT2D eigenvalue weighted by Gasteiger charge is -2.09. The Balaban J connectivity index is 1.76. The summed E-state index contributed by atoms with van der Waals surface area (Å²) >= 11 is 1.86.